The van der Waals surface area contributed by atoms with Gasteiger partial charge in [-0.2, -0.15) is 10.1 Å². The van der Waals surface area contributed by atoms with Crippen molar-refractivity contribution in [2.75, 3.05) is 6.61 Å². The molecule has 7 nitrogen and oxygen atoms in total. The van der Waals surface area contributed by atoms with Gasteiger partial charge < -0.3 is 9.26 Å². The van der Waals surface area contributed by atoms with Gasteiger partial charge in [0, 0.05) is 23.6 Å². The first kappa shape index (κ1) is 19.5. The quantitative estimate of drug-likeness (QED) is 0.465. The molecule has 2 heterocycles. The molecule has 30 heavy (non-hydrogen) atoms. The first-order chi connectivity index (χ1) is 14.6. The normalized spacial score (nSPS) is 10.9. The zero-order valence-corrected chi connectivity index (χ0v) is 16.3. The number of rotatable bonds is 7. The van der Waals surface area contributed by atoms with Crippen LogP contribution in [0, 0.1) is 5.82 Å². The summed E-state index contributed by atoms with van der Waals surface area (Å²) in [5.41, 5.74) is 1.84. The van der Waals surface area contributed by atoms with Crippen LogP contribution in [0.15, 0.2) is 70.0 Å². The number of halogens is 1. The maximum atomic E-state index is 13.4. The van der Waals surface area contributed by atoms with Crippen LogP contribution in [0.5, 0.6) is 5.75 Å². The fraction of sp³-hybridized carbons (Fsp3) is 0.182. The summed E-state index contributed by atoms with van der Waals surface area (Å²) >= 11 is 0. The summed E-state index contributed by atoms with van der Waals surface area (Å²) in [6.45, 7) is 2.80. The number of nitrogens with zero attached hydrogens (tertiary/aromatic N) is 4. The van der Waals surface area contributed by atoms with Gasteiger partial charge in [0.15, 0.2) is 0 Å². The molecule has 8 heteroatoms. The van der Waals surface area contributed by atoms with E-state index in [4.69, 9.17) is 9.26 Å². The van der Waals surface area contributed by atoms with Gasteiger partial charge in [-0.25, -0.2) is 9.07 Å². The lowest BCUT2D eigenvalue weighted by Gasteiger charge is -2.07. The van der Waals surface area contributed by atoms with E-state index in [2.05, 4.69) is 15.2 Å². The summed E-state index contributed by atoms with van der Waals surface area (Å²) in [7, 11) is 0. The SMILES string of the molecule is CCOc1ccc(-c2ccc(=O)n(CCc3nc(-c4cccc(F)c4)no3)n2)cc1. The molecule has 0 amide bonds. The Labute approximate surface area is 171 Å². The molecular weight excluding hydrogens is 387 g/mol. The summed E-state index contributed by atoms with van der Waals surface area (Å²) in [6, 6.07) is 16.6. The molecule has 0 aliphatic heterocycles. The molecule has 0 saturated heterocycles. The van der Waals surface area contributed by atoms with Crippen LogP contribution in [0.25, 0.3) is 22.6 Å². The van der Waals surface area contributed by atoms with E-state index in [1.54, 1.807) is 18.2 Å². The van der Waals surface area contributed by atoms with E-state index in [9.17, 15) is 9.18 Å². The molecule has 0 saturated carbocycles. The third-order valence-corrected chi connectivity index (χ3v) is 4.42. The molecule has 0 aliphatic rings. The van der Waals surface area contributed by atoms with Crippen LogP contribution >= 0.6 is 0 Å². The van der Waals surface area contributed by atoms with Gasteiger partial charge in [0.05, 0.1) is 18.8 Å². The smallest absolute Gasteiger partial charge is 0.266 e. The van der Waals surface area contributed by atoms with Gasteiger partial charge in [0.25, 0.3) is 5.56 Å². The van der Waals surface area contributed by atoms with Gasteiger partial charge in [0.1, 0.15) is 11.6 Å². The summed E-state index contributed by atoms with van der Waals surface area (Å²) < 4.78 is 25.4. The molecule has 0 aliphatic carbocycles. The van der Waals surface area contributed by atoms with Crippen molar-refractivity contribution in [3.05, 3.63) is 82.7 Å². The predicted molar refractivity (Wildman–Crippen MR) is 108 cm³/mol. The number of aromatic nitrogens is 4. The molecule has 0 unspecified atom stereocenters. The van der Waals surface area contributed by atoms with Gasteiger partial charge >= 0.3 is 0 Å². The second kappa shape index (κ2) is 8.69. The van der Waals surface area contributed by atoms with Gasteiger partial charge in [-0.3, -0.25) is 4.79 Å². The second-order valence-electron chi connectivity index (χ2n) is 6.51. The van der Waals surface area contributed by atoms with Crippen molar-refractivity contribution < 1.29 is 13.7 Å². The summed E-state index contributed by atoms with van der Waals surface area (Å²) in [5.74, 6) is 1.04. The summed E-state index contributed by atoms with van der Waals surface area (Å²) in [6.07, 6.45) is 0.321. The van der Waals surface area contributed by atoms with Crippen molar-refractivity contribution in [1.82, 2.24) is 19.9 Å². The van der Waals surface area contributed by atoms with Gasteiger partial charge in [-0.05, 0) is 49.4 Å². The zero-order valence-electron chi connectivity index (χ0n) is 16.3. The van der Waals surface area contributed by atoms with Crippen molar-refractivity contribution in [2.45, 2.75) is 19.9 Å². The predicted octanol–water partition coefficient (Wildman–Crippen LogP) is 3.74. The lowest BCUT2D eigenvalue weighted by atomic mass is 10.1. The van der Waals surface area contributed by atoms with Crippen LogP contribution < -0.4 is 10.3 Å². The Balaban J connectivity index is 1.49. The van der Waals surface area contributed by atoms with Crippen molar-refractivity contribution in [1.29, 1.82) is 0 Å². The molecule has 4 rings (SSSR count). The highest BCUT2D eigenvalue weighted by Gasteiger charge is 2.11. The van der Waals surface area contributed by atoms with Crippen LogP contribution in [0.4, 0.5) is 4.39 Å². The van der Waals surface area contributed by atoms with E-state index in [0.717, 1.165) is 11.3 Å². The minimum Gasteiger partial charge on any atom is -0.494 e. The van der Waals surface area contributed by atoms with Crippen LogP contribution in [0.3, 0.4) is 0 Å². The Morgan fingerprint density at radius 1 is 1.07 bits per heavy atom. The van der Waals surface area contributed by atoms with Gasteiger partial charge in [-0.1, -0.05) is 17.3 Å². The summed E-state index contributed by atoms with van der Waals surface area (Å²) in [5, 5.41) is 8.31. The van der Waals surface area contributed by atoms with Crippen LogP contribution in [-0.2, 0) is 13.0 Å². The second-order valence-corrected chi connectivity index (χ2v) is 6.51. The number of ether oxygens (including phenoxy) is 1. The molecule has 4 aromatic rings. The fourth-order valence-corrected chi connectivity index (χ4v) is 2.95. The topological polar surface area (TPSA) is 83.0 Å². The first-order valence-corrected chi connectivity index (χ1v) is 9.52. The van der Waals surface area contributed by atoms with E-state index >= 15 is 0 Å². The number of hydrogen-bond donors (Lipinski definition) is 0. The molecule has 152 valence electrons. The number of aryl methyl sites for hydroxylation is 2. The maximum absolute atomic E-state index is 13.4. The Morgan fingerprint density at radius 2 is 1.90 bits per heavy atom. The molecule has 2 aromatic carbocycles. The number of hydrogen-bond acceptors (Lipinski definition) is 6. The zero-order chi connectivity index (χ0) is 20.9. The Kier molecular flexibility index (Phi) is 5.65. The lowest BCUT2D eigenvalue weighted by Crippen LogP contribution is -2.23. The minimum atomic E-state index is -0.374. The van der Waals surface area contributed by atoms with Crippen LogP contribution in [-0.4, -0.2) is 26.5 Å². The van der Waals surface area contributed by atoms with E-state index < -0.39 is 0 Å². The molecule has 0 radical (unpaired) electrons. The average Bonchev–Trinajstić information content (AvgIpc) is 3.23. The van der Waals surface area contributed by atoms with Crippen molar-refractivity contribution >= 4 is 0 Å². The van der Waals surface area contributed by atoms with Crippen LogP contribution in [0.2, 0.25) is 0 Å². The third-order valence-electron chi connectivity index (χ3n) is 4.42. The van der Waals surface area contributed by atoms with E-state index in [1.165, 1.54) is 22.9 Å². The molecule has 2 aromatic heterocycles. The van der Waals surface area contributed by atoms with Gasteiger partial charge in [-0.15, -0.1) is 0 Å². The largest absolute Gasteiger partial charge is 0.494 e. The minimum absolute atomic E-state index is 0.227. The van der Waals surface area contributed by atoms with Crippen molar-refractivity contribution in [3.8, 4) is 28.4 Å². The Bertz CT molecular complexity index is 1200. The first-order valence-electron chi connectivity index (χ1n) is 9.52. The third kappa shape index (κ3) is 4.43. The Morgan fingerprint density at radius 3 is 2.67 bits per heavy atom. The highest BCUT2D eigenvalue weighted by atomic mass is 19.1. The average molecular weight is 406 g/mol. The Hall–Kier alpha value is -3.81. The standard InChI is InChI=1S/C22H19FN4O3/c1-2-29-18-8-6-15(7-9-18)19-10-11-21(28)27(25-19)13-12-20-24-22(26-30-20)16-4-3-5-17(23)14-16/h3-11,14H,2,12-13H2,1H3. The van der Waals surface area contributed by atoms with Crippen LogP contribution in [0.1, 0.15) is 12.8 Å². The lowest BCUT2D eigenvalue weighted by molar-refractivity contribution is 0.340. The van der Waals surface area contributed by atoms with E-state index in [0.29, 0.717) is 36.0 Å². The molecule has 0 spiro atoms. The maximum Gasteiger partial charge on any atom is 0.266 e. The highest BCUT2D eigenvalue weighted by molar-refractivity contribution is 5.59. The molecule has 0 N–H and O–H groups in total. The summed E-state index contributed by atoms with van der Waals surface area (Å²) in [4.78, 5) is 16.5. The fourth-order valence-electron chi connectivity index (χ4n) is 2.95. The van der Waals surface area contributed by atoms with Crippen molar-refractivity contribution in [2.24, 2.45) is 0 Å². The molecule has 0 bridgehead atoms. The van der Waals surface area contributed by atoms with Crippen molar-refractivity contribution in [3.63, 3.8) is 0 Å². The molecular formula is C22H19FN4O3. The highest BCUT2D eigenvalue weighted by Crippen LogP contribution is 2.20. The van der Waals surface area contributed by atoms with E-state index in [-0.39, 0.29) is 17.9 Å². The molecule has 0 atom stereocenters. The monoisotopic (exact) mass is 406 g/mol. The number of benzene rings is 2. The molecule has 0 fully saturated rings. The van der Waals surface area contributed by atoms with E-state index in [1.807, 2.05) is 31.2 Å². The van der Waals surface area contributed by atoms with Gasteiger partial charge in [0.2, 0.25) is 11.7 Å².